The molecule has 0 spiro atoms. The predicted octanol–water partition coefficient (Wildman–Crippen LogP) is 1.57. The molecule has 1 atom stereocenters. The summed E-state index contributed by atoms with van der Waals surface area (Å²) in [5, 5.41) is 6.03. The highest BCUT2D eigenvalue weighted by molar-refractivity contribution is 7.14. The van der Waals surface area contributed by atoms with Crippen LogP contribution >= 0.6 is 11.3 Å². The van der Waals surface area contributed by atoms with Gasteiger partial charge in [-0.05, 0) is 57.2 Å². The van der Waals surface area contributed by atoms with E-state index < -0.39 is 0 Å². The molecule has 0 saturated carbocycles. The summed E-state index contributed by atoms with van der Waals surface area (Å²) in [6.07, 6.45) is 6.72. The number of fused-ring (bicyclic) bond motifs is 1. The van der Waals surface area contributed by atoms with E-state index in [0.29, 0.717) is 6.04 Å². The largest absolute Gasteiger partial charge is 0.342 e. The van der Waals surface area contributed by atoms with Crippen LogP contribution in [0.4, 0.5) is 0 Å². The molecule has 2 N–H and O–H groups in total. The Kier molecular flexibility index (Phi) is 5.33. The summed E-state index contributed by atoms with van der Waals surface area (Å²) in [4.78, 5) is 28.5. The second kappa shape index (κ2) is 7.45. The molecule has 2 heterocycles. The van der Waals surface area contributed by atoms with Gasteiger partial charge in [-0.15, -0.1) is 11.3 Å². The molecule has 126 valence electrons. The number of carbonyl (C=O) groups excluding carboxylic acids is 2. The Labute approximate surface area is 141 Å². The molecule has 1 fully saturated rings. The van der Waals surface area contributed by atoms with Crippen LogP contribution in [0.2, 0.25) is 0 Å². The van der Waals surface area contributed by atoms with Crippen molar-refractivity contribution in [1.82, 2.24) is 15.5 Å². The van der Waals surface area contributed by atoms with Crippen LogP contribution in [0.3, 0.4) is 0 Å². The summed E-state index contributed by atoms with van der Waals surface area (Å²) in [7, 11) is 1.93. The molecule has 1 aliphatic heterocycles. The van der Waals surface area contributed by atoms with E-state index in [9.17, 15) is 9.59 Å². The van der Waals surface area contributed by atoms with Gasteiger partial charge in [0.05, 0.1) is 11.4 Å². The quantitative estimate of drug-likeness (QED) is 0.878. The van der Waals surface area contributed by atoms with E-state index in [2.05, 4.69) is 10.6 Å². The SMILES string of the molecule is CNC1CCCN(C(=O)CNC(=O)c2cc3c(s2)CCCC3)C1. The van der Waals surface area contributed by atoms with Crippen LogP contribution in [0.5, 0.6) is 0 Å². The second-order valence-electron chi connectivity index (χ2n) is 6.42. The van der Waals surface area contributed by atoms with E-state index in [4.69, 9.17) is 0 Å². The first-order chi connectivity index (χ1) is 11.2. The Hall–Kier alpha value is -1.40. The van der Waals surface area contributed by atoms with Crippen LogP contribution in [-0.4, -0.2) is 49.4 Å². The Morgan fingerprint density at radius 1 is 1.30 bits per heavy atom. The van der Waals surface area contributed by atoms with Crippen molar-refractivity contribution in [2.45, 2.75) is 44.6 Å². The maximum atomic E-state index is 12.3. The summed E-state index contributed by atoms with van der Waals surface area (Å²) in [6, 6.07) is 2.38. The summed E-state index contributed by atoms with van der Waals surface area (Å²) < 4.78 is 0. The van der Waals surface area contributed by atoms with Gasteiger partial charge >= 0.3 is 0 Å². The monoisotopic (exact) mass is 335 g/mol. The Balaban J connectivity index is 1.52. The average molecular weight is 335 g/mol. The van der Waals surface area contributed by atoms with Gasteiger partial charge in [-0.25, -0.2) is 0 Å². The van der Waals surface area contributed by atoms with Gasteiger partial charge in [0.2, 0.25) is 5.91 Å². The van der Waals surface area contributed by atoms with Crippen molar-refractivity contribution in [2.75, 3.05) is 26.7 Å². The van der Waals surface area contributed by atoms with E-state index in [1.807, 2.05) is 18.0 Å². The molecule has 1 aromatic rings. The lowest BCUT2D eigenvalue weighted by molar-refractivity contribution is -0.131. The number of hydrogen-bond acceptors (Lipinski definition) is 4. The number of likely N-dealkylation sites (N-methyl/N-ethyl adjacent to an activating group) is 1. The average Bonchev–Trinajstić information content (AvgIpc) is 3.03. The molecule has 1 saturated heterocycles. The van der Waals surface area contributed by atoms with Crippen molar-refractivity contribution < 1.29 is 9.59 Å². The zero-order valence-corrected chi connectivity index (χ0v) is 14.5. The number of nitrogens with zero attached hydrogens (tertiary/aromatic N) is 1. The molecular formula is C17H25N3O2S. The molecule has 1 aromatic heterocycles. The Morgan fingerprint density at radius 3 is 2.91 bits per heavy atom. The first-order valence-electron chi connectivity index (χ1n) is 8.52. The molecule has 2 amide bonds. The Morgan fingerprint density at radius 2 is 2.13 bits per heavy atom. The standard InChI is InChI=1S/C17H25N3O2S/c1-18-13-6-4-8-20(11-13)16(21)10-19-17(22)15-9-12-5-2-3-7-14(12)23-15/h9,13,18H,2-8,10-11H2,1H3,(H,19,22). The molecule has 5 nitrogen and oxygen atoms in total. The predicted molar refractivity (Wildman–Crippen MR) is 92.0 cm³/mol. The molecule has 0 aromatic carbocycles. The minimum atomic E-state index is -0.111. The van der Waals surface area contributed by atoms with Crippen molar-refractivity contribution in [3.8, 4) is 0 Å². The van der Waals surface area contributed by atoms with Crippen molar-refractivity contribution in [3.63, 3.8) is 0 Å². The van der Waals surface area contributed by atoms with Crippen LogP contribution in [0.1, 0.15) is 45.8 Å². The van der Waals surface area contributed by atoms with E-state index >= 15 is 0 Å². The van der Waals surface area contributed by atoms with Crippen LogP contribution in [0, 0.1) is 0 Å². The highest BCUT2D eigenvalue weighted by atomic mass is 32.1. The lowest BCUT2D eigenvalue weighted by Gasteiger charge is -2.32. The number of rotatable bonds is 4. The molecule has 23 heavy (non-hydrogen) atoms. The first-order valence-corrected chi connectivity index (χ1v) is 9.34. The number of thiophene rings is 1. The van der Waals surface area contributed by atoms with Gasteiger partial charge in [0, 0.05) is 24.0 Å². The third kappa shape index (κ3) is 3.93. The lowest BCUT2D eigenvalue weighted by Crippen LogP contribution is -2.49. The maximum absolute atomic E-state index is 12.3. The minimum absolute atomic E-state index is 0.0135. The number of likely N-dealkylation sites (tertiary alicyclic amines) is 1. The highest BCUT2D eigenvalue weighted by Crippen LogP contribution is 2.29. The zero-order valence-electron chi connectivity index (χ0n) is 13.7. The molecule has 1 aliphatic carbocycles. The van der Waals surface area contributed by atoms with Gasteiger partial charge in [-0.3, -0.25) is 9.59 Å². The number of amides is 2. The minimum Gasteiger partial charge on any atom is -0.342 e. The zero-order chi connectivity index (χ0) is 16.2. The van der Waals surface area contributed by atoms with Crippen molar-refractivity contribution in [3.05, 3.63) is 21.4 Å². The highest BCUT2D eigenvalue weighted by Gasteiger charge is 2.23. The van der Waals surface area contributed by atoms with Gasteiger partial charge in [0.25, 0.3) is 5.91 Å². The van der Waals surface area contributed by atoms with E-state index in [1.165, 1.54) is 23.3 Å². The number of aryl methyl sites for hydroxylation is 2. The molecule has 6 heteroatoms. The van der Waals surface area contributed by atoms with E-state index in [-0.39, 0.29) is 18.4 Å². The van der Waals surface area contributed by atoms with Gasteiger partial charge in [0.15, 0.2) is 0 Å². The molecule has 0 radical (unpaired) electrons. The fraction of sp³-hybridized carbons (Fsp3) is 0.647. The summed E-state index contributed by atoms with van der Waals surface area (Å²) in [6.45, 7) is 1.62. The van der Waals surface area contributed by atoms with Crippen LogP contribution in [0.15, 0.2) is 6.07 Å². The van der Waals surface area contributed by atoms with Crippen molar-refractivity contribution >= 4 is 23.2 Å². The van der Waals surface area contributed by atoms with Gasteiger partial charge in [-0.2, -0.15) is 0 Å². The van der Waals surface area contributed by atoms with Crippen molar-refractivity contribution in [2.24, 2.45) is 0 Å². The van der Waals surface area contributed by atoms with E-state index in [0.717, 1.165) is 43.6 Å². The summed E-state index contributed by atoms with van der Waals surface area (Å²) in [5.41, 5.74) is 1.32. The number of hydrogen-bond donors (Lipinski definition) is 2. The second-order valence-corrected chi connectivity index (χ2v) is 7.55. The van der Waals surface area contributed by atoms with Gasteiger partial charge in [0.1, 0.15) is 0 Å². The first kappa shape index (κ1) is 16.5. The molecule has 0 bridgehead atoms. The number of carbonyl (C=O) groups is 2. The topological polar surface area (TPSA) is 61.4 Å². The third-order valence-corrected chi connectivity index (χ3v) is 6.04. The Bertz CT molecular complexity index is 561. The van der Waals surface area contributed by atoms with Crippen molar-refractivity contribution in [1.29, 1.82) is 0 Å². The lowest BCUT2D eigenvalue weighted by atomic mass is 9.99. The molecule has 3 rings (SSSR count). The van der Waals surface area contributed by atoms with Gasteiger partial charge < -0.3 is 15.5 Å². The normalized spacial score (nSPS) is 20.9. The summed E-state index contributed by atoms with van der Waals surface area (Å²) in [5.74, 6) is -0.0976. The van der Waals surface area contributed by atoms with E-state index in [1.54, 1.807) is 11.3 Å². The van der Waals surface area contributed by atoms with Gasteiger partial charge in [-0.1, -0.05) is 0 Å². The molecule has 2 aliphatic rings. The number of piperidine rings is 1. The van der Waals surface area contributed by atoms with Crippen LogP contribution in [-0.2, 0) is 17.6 Å². The third-order valence-electron chi connectivity index (χ3n) is 4.80. The van der Waals surface area contributed by atoms with Crippen LogP contribution in [0.25, 0.3) is 0 Å². The molecule has 1 unspecified atom stereocenters. The number of nitrogens with one attached hydrogen (secondary N) is 2. The molecular weight excluding hydrogens is 310 g/mol. The maximum Gasteiger partial charge on any atom is 0.261 e. The smallest absolute Gasteiger partial charge is 0.261 e. The van der Waals surface area contributed by atoms with Crippen LogP contribution < -0.4 is 10.6 Å². The fourth-order valence-electron chi connectivity index (χ4n) is 3.40. The summed E-state index contributed by atoms with van der Waals surface area (Å²) >= 11 is 1.59. The fourth-order valence-corrected chi connectivity index (χ4v) is 4.57.